The summed E-state index contributed by atoms with van der Waals surface area (Å²) in [5, 5.41) is 0. The number of hydrogen-bond donors (Lipinski definition) is 1. The van der Waals surface area contributed by atoms with Crippen LogP contribution in [0.15, 0.2) is 24.3 Å². The molecule has 1 aromatic carbocycles. The summed E-state index contributed by atoms with van der Waals surface area (Å²) >= 11 is 0. The molecule has 116 valence electrons. The van der Waals surface area contributed by atoms with Crippen molar-refractivity contribution in [3.8, 4) is 5.75 Å². The van der Waals surface area contributed by atoms with Crippen molar-refractivity contribution >= 4 is 5.91 Å². The van der Waals surface area contributed by atoms with Gasteiger partial charge in [0.15, 0.2) is 0 Å². The summed E-state index contributed by atoms with van der Waals surface area (Å²) in [6.45, 7) is -0.510. The van der Waals surface area contributed by atoms with Crippen LogP contribution in [0.1, 0.15) is 36.5 Å². The average Bonchev–Trinajstić information content (AvgIpc) is 2.45. The van der Waals surface area contributed by atoms with E-state index in [4.69, 9.17) is 5.73 Å². The van der Waals surface area contributed by atoms with Crippen molar-refractivity contribution in [3.05, 3.63) is 29.8 Å². The number of rotatable bonds is 4. The van der Waals surface area contributed by atoms with E-state index in [2.05, 4.69) is 4.74 Å². The molecule has 1 fully saturated rings. The lowest BCUT2D eigenvalue weighted by Gasteiger charge is -2.40. The Kier molecular flexibility index (Phi) is 5.12. The molecular weight excluding hydrogens is 278 g/mol. The molecule has 2 rings (SSSR count). The fourth-order valence-electron chi connectivity index (χ4n) is 2.84. The quantitative estimate of drug-likeness (QED) is 0.929. The monoisotopic (exact) mass is 298 g/mol. The molecule has 1 amide bonds. The molecule has 2 unspecified atom stereocenters. The van der Waals surface area contributed by atoms with Crippen molar-refractivity contribution in [1.29, 1.82) is 0 Å². The number of halogens is 2. The van der Waals surface area contributed by atoms with Gasteiger partial charge in [-0.1, -0.05) is 6.07 Å². The molecule has 0 aromatic heterocycles. The van der Waals surface area contributed by atoms with E-state index in [9.17, 15) is 13.6 Å². The van der Waals surface area contributed by atoms with Crippen LogP contribution >= 0.6 is 0 Å². The smallest absolute Gasteiger partial charge is 0.387 e. The van der Waals surface area contributed by atoms with Gasteiger partial charge in [-0.25, -0.2) is 0 Å². The molecule has 2 N–H and O–H groups in total. The van der Waals surface area contributed by atoms with E-state index in [-0.39, 0.29) is 23.7 Å². The average molecular weight is 298 g/mol. The number of piperidine rings is 1. The lowest BCUT2D eigenvalue weighted by atomic mass is 9.95. The number of carbonyl (C=O) groups excluding carboxylic acids is 1. The van der Waals surface area contributed by atoms with Crippen LogP contribution in [0.25, 0.3) is 0 Å². The number of likely N-dealkylation sites (tertiary alicyclic amines) is 1. The minimum atomic E-state index is -2.90. The van der Waals surface area contributed by atoms with Crippen molar-refractivity contribution in [2.45, 2.75) is 44.9 Å². The van der Waals surface area contributed by atoms with Crippen LogP contribution in [0.3, 0.4) is 0 Å². The van der Waals surface area contributed by atoms with E-state index < -0.39 is 6.61 Å². The first-order valence-corrected chi connectivity index (χ1v) is 7.10. The minimum absolute atomic E-state index is 0.000855. The zero-order valence-corrected chi connectivity index (χ0v) is 12.0. The summed E-state index contributed by atoms with van der Waals surface area (Å²) in [7, 11) is 0. The highest BCUT2D eigenvalue weighted by Crippen LogP contribution is 2.25. The molecule has 21 heavy (non-hydrogen) atoms. The number of alkyl halides is 2. The summed E-state index contributed by atoms with van der Waals surface area (Å²) < 4.78 is 28.8. The van der Waals surface area contributed by atoms with Crippen LogP contribution in [0.2, 0.25) is 0 Å². The van der Waals surface area contributed by atoms with Crippen LogP contribution in [-0.4, -0.2) is 36.0 Å². The van der Waals surface area contributed by atoms with Crippen LogP contribution in [-0.2, 0) is 0 Å². The van der Waals surface area contributed by atoms with Gasteiger partial charge in [0, 0.05) is 24.2 Å². The first kappa shape index (κ1) is 15.7. The zero-order valence-electron chi connectivity index (χ0n) is 12.0. The molecule has 1 aliphatic heterocycles. The Morgan fingerprint density at radius 2 is 2.24 bits per heavy atom. The molecule has 6 heteroatoms. The van der Waals surface area contributed by atoms with Gasteiger partial charge in [-0.2, -0.15) is 8.78 Å². The molecule has 0 saturated carbocycles. The third kappa shape index (κ3) is 3.69. The molecule has 1 saturated heterocycles. The normalized spacial score (nSPS) is 22.4. The molecule has 0 bridgehead atoms. The number of nitrogens with two attached hydrogens (primary N) is 1. The van der Waals surface area contributed by atoms with E-state index in [0.29, 0.717) is 12.1 Å². The molecule has 2 atom stereocenters. The Hall–Kier alpha value is -1.69. The van der Waals surface area contributed by atoms with Crippen molar-refractivity contribution < 1.29 is 18.3 Å². The summed E-state index contributed by atoms with van der Waals surface area (Å²) in [6, 6.07) is 6.00. The number of carbonyl (C=O) groups is 1. The number of hydrogen-bond acceptors (Lipinski definition) is 3. The van der Waals surface area contributed by atoms with Gasteiger partial charge in [0.1, 0.15) is 5.75 Å². The van der Waals surface area contributed by atoms with Gasteiger partial charge in [-0.15, -0.1) is 0 Å². The summed E-state index contributed by atoms with van der Waals surface area (Å²) in [5.41, 5.74) is 6.10. The van der Waals surface area contributed by atoms with Gasteiger partial charge in [-0.05, 0) is 44.4 Å². The first-order chi connectivity index (χ1) is 10.0. The Morgan fingerprint density at radius 3 is 2.90 bits per heavy atom. The number of amides is 1. The van der Waals surface area contributed by atoms with E-state index in [1.807, 2.05) is 6.92 Å². The molecule has 0 spiro atoms. The predicted octanol–water partition coefficient (Wildman–Crippen LogP) is 2.63. The SMILES string of the molecule is CC1CCCC(CN)N1C(=O)c1cccc(OC(F)F)c1. The predicted molar refractivity (Wildman–Crippen MR) is 75.4 cm³/mol. The summed E-state index contributed by atoms with van der Waals surface area (Å²) in [6.07, 6.45) is 2.84. The second-order valence-corrected chi connectivity index (χ2v) is 5.29. The second-order valence-electron chi connectivity index (χ2n) is 5.29. The standard InChI is InChI=1S/C15H20F2N2O2/c1-10-4-2-6-12(9-18)19(10)14(20)11-5-3-7-13(8-11)21-15(16)17/h3,5,7-8,10,12,15H,2,4,6,9,18H2,1H3. The zero-order chi connectivity index (χ0) is 15.4. The van der Waals surface area contributed by atoms with Crippen LogP contribution in [0.4, 0.5) is 8.78 Å². The van der Waals surface area contributed by atoms with E-state index in [0.717, 1.165) is 19.3 Å². The van der Waals surface area contributed by atoms with Crippen LogP contribution in [0, 0.1) is 0 Å². The van der Waals surface area contributed by atoms with Gasteiger partial charge in [0.05, 0.1) is 0 Å². The maximum absolute atomic E-state index is 12.6. The van der Waals surface area contributed by atoms with Gasteiger partial charge in [0.25, 0.3) is 5.91 Å². The summed E-state index contributed by atoms with van der Waals surface area (Å²) in [4.78, 5) is 14.4. The van der Waals surface area contributed by atoms with Gasteiger partial charge < -0.3 is 15.4 Å². The minimum Gasteiger partial charge on any atom is -0.435 e. The first-order valence-electron chi connectivity index (χ1n) is 7.10. The molecule has 0 radical (unpaired) electrons. The Morgan fingerprint density at radius 1 is 1.48 bits per heavy atom. The lowest BCUT2D eigenvalue weighted by Crippen LogP contribution is -2.51. The molecule has 1 aromatic rings. The Bertz CT molecular complexity index is 496. The molecule has 4 nitrogen and oxygen atoms in total. The van der Waals surface area contributed by atoms with Gasteiger partial charge in [-0.3, -0.25) is 4.79 Å². The molecule has 1 heterocycles. The van der Waals surface area contributed by atoms with Crippen LogP contribution in [0.5, 0.6) is 5.75 Å². The van der Waals surface area contributed by atoms with E-state index in [1.165, 1.54) is 18.2 Å². The maximum atomic E-state index is 12.6. The second kappa shape index (κ2) is 6.85. The number of ether oxygens (including phenoxy) is 1. The van der Waals surface area contributed by atoms with Crippen molar-refractivity contribution in [2.24, 2.45) is 5.73 Å². The largest absolute Gasteiger partial charge is 0.435 e. The highest BCUT2D eigenvalue weighted by atomic mass is 19.3. The number of benzene rings is 1. The Balaban J connectivity index is 2.21. The summed E-state index contributed by atoms with van der Waals surface area (Å²) in [5.74, 6) is -0.192. The topological polar surface area (TPSA) is 55.6 Å². The highest BCUT2D eigenvalue weighted by molar-refractivity contribution is 5.95. The third-order valence-corrected chi connectivity index (χ3v) is 3.84. The fraction of sp³-hybridized carbons (Fsp3) is 0.533. The molecular formula is C15H20F2N2O2. The van der Waals surface area contributed by atoms with Crippen molar-refractivity contribution in [1.82, 2.24) is 4.90 Å². The van der Waals surface area contributed by atoms with Crippen molar-refractivity contribution in [3.63, 3.8) is 0 Å². The lowest BCUT2D eigenvalue weighted by molar-refractivity contribution is -0.0499. The van der Waals surface area contributed by atoms with E-state index in [1.54, 1.807) is 11.0 Å². The molecule has 1 aliphatic rings. The van der Waals surface area contributed by atoms with Gasteiger partial charge >= 0.3 is 6.61 Å². The Labute approximate surface area is 122 Å². The van der Waals surface area contributed by atoms with Crippen LogP contribution < -0.4 is 10.5 Å². The fourth-order valence-corrected chi connectivity index (χ4v) is 2.84. The number of nitrogens with zero attached hydrogens (tertiary/aromatic N) is 1. The highest BCUT2D eigenvalue weighted by Gasteiger charge is 2.31. The van der Waals surface area contributed by atoms with Gasteiger partial charge in [0.2, 0.25) is 0 Å². The maximum Gasteiger partial charge on any atom is 0.387 e. The van der Waals surface area contributed by atoms with Crippen molar-refractivity contribution in [2.75, 3.05) is 6.54 Å². The molecule has 0 aliphatic carbocycles. The van der Waals surface area contributed by atoms with E-state index >= 15 is 0 Å². The third-order valence-electron chi connectivity index (χ3n) is 3.84.